The van der Waals surface area contributed by atoms with Crippen molar-refractivity contribution < 1.29 is 29.7 Å². The topological polar surface area (TPSA) is 127 Å². The molecule has 0 saturated carbocycles. The maximum atomic E-state index is 12.9. The van der Waals surface area contributed by atoms with Crippen molar-refractivity contribution in [1.29, 1.82) is 0 Å². The first-order chi connectivity index (χ1) is 12.2. The lowest BCUT2D eigenvalue weighted by Crippen LogP contribution is -2.59. The fourth-order valence-electron chi connectivity index (χ4n) is 4.31. The number of carboxylic acid groups (broad SMARTS) is 1. The van der Waals surface area contributed by atoms with Crippen molar-refractivity contribution >= 4 is 17.8 Å². The van der Waals surface area contributed by atoms with Crippen LogP contribution < -0.4 is 5.32 Å². The molecule has 3 rings (SSSR count). The second-order valence-electron chi connectivity index (χ2n) is 7.12. The molecule has 0 aliphatic carbocycles. The molecule has 4 atom stereocenters. The van der Waals surface area contributed by atoms with Crippen LogP contribution in [0.2, 0.25) is 0 Å². The molecule has 26 heavy (non-hydrogen) atoms. The van der Waals surface area contributed by atoms with Gasteiger partial charge in [-0.2, -0.15) is 0 Å². The number of phenols is 2. The molecule has 140 valence electrons. The highest BCUT2D eigenvalue weighted by Crippen LogP contribution is 2.51. The molecular formula is C18H22N2O6. The molecule has 2 heterocycles. The Morgan fingerprint density at radius 1 is 1.23 bits per heavy atom. The number of fused-ring (bicyclic) bond motifs is 1. The van der Waals surface area contributed by atoms with E-state index in [1.807, 2.05) is 0 Å². The van der Waals surface area contributed by atoms with E-state index in [-0.39, 0.29) is 18.0 Å². The largest absolute Gasteiger partial charge is 0.504 e. The third kappa shape index (κ3) is 2.21. The minimum Gasteiger partial charge on any atom is -0.504 e. The first-order valence-corrected chi connectivity index (χ1v) is 8.55. The lowest BCUT2D eigenvalue weighted by Gasteiger charge is -2.34. The van der Waals surface area contributed by atoms with Gasteiger partial charge in [0, 0.05) is 12.6 Å². The molecule has 1 aromatic carbocycles. The number of nitrogens with one attached hydrogen (secondary N) is 1. The molecule has 8 heteroatoms. The first-order valence-electron chi connectivity index (χ1n) is 8.55. The minimum atomic E-state index is -1.60. The Labute approximate surface area is 150 Å². The van der Waals surface area contributed by atoms with E-state index in [4.69, 9.17) is 0 Å². The molecule has 1 aromatic rings. The van der Waals surface area contributed by atoms with Crippen LogP contribution in [0.25, 0.3) is 0 Å². The van der Waals surface area contributed by atoms with Crippen molar-refractivity contribution in [1.82, 2.24) is 10.2 Å². The molecule has 2 amide bonds. The van der Waals surface area contributed by atoms with E-state index in [0.29, 0.717) is 5.56 Å². The summed E-state index contributed by atoms with van der Waals surface area (Å²) in [6.07, 6.45) is 0. The van der Waals surface area contributed by atoms with Crippen LogP contribution in [-0.4, -0.2) is 50.1 Å². The monoisotopic (exact) mass is 362 g/mol. The first kappa shape index (κ1) is 18.2. The molecular weight excluding hydrogens is 340 g/mol. The Hall–Kier alpha value is -2.61. The Kier molecular flexibility index (Phi) is 4.18. The van der Waals surface area contributed by atoms with E-state index >= 15 is 0 Å². The number of aromatic hydroxyl groups is 2. The molecule has 2 aliphatic heterocycles. The van der Waals surface area contributed by atoms with Crippen LogP contribution in [0.1, 0.15) is 32.4 Å². The predicted molar refractivity (Wildman–Crippen MR) is 90.2 cm³/mol. The third-order valence-corrected chi connectivity index (χ3v) is 5.63. The van der Waals surface area contributed by atoms with E-state index in [0.717, 1.165) is 4.90 Å². The highest BCUT2D eigenvalue weighted by molar-refractivity contribution is 6.09. The van der Waals surface area contributed by atoms with Gasteiger partial charge < -0.3 is 15.3 Å². The quantitative estimate of drug-likeness (QED) is 0.462. The summed E-state index contributed by atoms with van der Waals surface area (Å²) in [5.74, 6) is -5.17. The zero-order valence-electron chi connectivity index (χ0n) is 14.8. The molecule has 0 aromatic heterocycles. The number of imide groups is 1. The summed E-state index contributed by atoms with van der Waals surface area (Å²) in [6, 6.07) is 3.30. The van der Waals surface area contributed by atoms with Gasteiger partial charge in [-0.05, 0) is 30.5 Å². The number of carbonyl (C=O) groups excluding carboxylic acids is 2. The molecule has 0 radical (unpaired) electrons. The maximum Gasteiger partial charge on any atom is 0.325 e. The van der Waals surface area contributed by atoms with Gasteiger partial charge in [0.15, 0.2) is 11.5 Å². The Balaban J connectivity index is 2.18. The number of hydrogen-bond acceptors (Lipinski definition) is 6. The highest BCUT2D eigenvalue weighted by Gasteiger charge is 2.69. The molecule has 4 unspecified atom stereocenters. The van der Waals surface area contributed by atoms with Gasteiger partial charge in [-0.1, -0.05) is 19.9 Å². The van der Waals surface area contributed by atoms with E-state index in [9.17, 15) is 29.7 Å². The van der Waals surface area contributed by atoms with E-state index in [2.05, 4.69) is 5.32 Å². The molecule has 0 spiro atoms. The van der Waals surface area contributed by atoms with Gasteiger partial charge in [0.1, 0.15) is 5.54 Å². The molecule has 2 fully saturated rings. The van der Waals surface area contributed by atoms with E-state index < -0.39 is 47.1 Å². The number of nitrogens with zero attached hydrogens (tertiary/aromatic N) is 1. The normalized spacial score (nSPS) is 30.9. The van der Waals surface area contributed by atoms with Crippen molar-refractivity contribution in [2.75, 3.05) is 6.54 Å². The van der Waals surface area contributed by atoms with Crippen molar-refractivity contribution in [3.05, 3.63) is 23.8 Å². The van der Waals surface area contributed by atoms with Gasteiger partial charge in [-0.25, -0.2) is 0 Å². The van der Waals surface area contributed by atoms with Crippen LogP contribution in [0, 0.1) is 17.8 Å². The molecule has 0 bridgehead atoms. The number of carboxylic acids is 1. The van der Waals surface area contributed by atoms with Crippen LogP contribution in [0.15, 0.2) is 18.2 Å². The number of hydrogen-bond donors (Lipinski definition) is 4. The second-order valence-corrected chi connectivity index (χ2v) is 7.12. The molecule has 8 nitrogen and oxygen atoms in total. The van der Waals surface area contributed by atoms with Gasteiger partial charge in [0.05, 0.1) is 11.8 Å². The summed E-state index contributed by atoms with van der Waals surface area (Å²) in [7, 11) is 0. The lowest BCUT2D eigenvalue weighted by molar-refractivity contribution is -0.153. The Morgan fingerprint density at radius 3 is 2.38 bits per heavy atom. The van der Waals surface area contributed by atoms with Gasteiger partial charge in [-0.15, -0.1) is 0 Å². The van der Waals surface area contributed by atoms with Crippen LogP contribution >= 0.6 is 0 Å². The van der Waals surface area contributed by atoms with Crippen LogP contribution in [0.4, 0.5) is 0 Å². The summed E-state index contributed by atoms with van der Waals surface area (Å²) < 4.78 is 0. The number of phenolic OH excluding ortho intramolecular Hbond substituents is 2. The van der Waals surface area contributed by atoms with Gasteiger partial charge in [-0.3, -0.25) is 24.6 Å². The SMILES string of the molecule is CCN1C(=O)C2C(c3ccc(O)c(O)c3)NC(C(=O)O)(C(C)C)C2C1=O. The Morgan fingerprint density at radius 2 is 1.88 bits per heavy atom. The standard InChI is InChI=1S/C18H22N2O6/c1-4-20-15(23)12-13(16(20)24)18(8(2)3,17(25)26)19-14(12)9-5-6-10(21)11(22)7-9/h5-8,12-14,19,21-22H,4H2,1-3H3,(H,25,26). The van der Waals surface area contributed by atoms with Gasteiger partial charge >= 0.3 is 5.97 Å². The summed E-state index contributed by atoms with van der Waals surface area (Å²) in [5.41, 5.74) is -1.15. The lowest BCUT2D eigenvalue weighted by atomic mass is 9.73. The molecule has 2 aliphatic rings. The molecule has 2 saturated heterocycles. The summed E-state index contributed by atoms with van der Waals surface area (Å²) in [4.78, 5) is 39.0. The van der Waals surface area contributed by atoms with Crippen molar-refractivity contribution in [2.45, 2.75) is 32.4 Å². The average Bonchev–Trinajstić information content (AvgIpc) is 3.06. The number of benzene rings is 1. The third-order valence-electron chi connectivity index (χ3n) is 5.63. The second kappa shape index (κ2) is 5.98. The maximum absolute atomic E-state index is 12.9. The average molecular weight is 362 g/mol. The van der Waals surface area contributed by atoms with Crippen LogP contribution in [0.5, 0.6) is 11.5 Å². The van der Waals surface area contributed by atoms with Crippen molar-refractivity contribution in [2.24, 2.45) is 17.8 Å². The fraction of sp³-hybridized carbons (Fsp3) is 0.500. The number of aliphatic carboxylic acids is 1. The minimum absolute atomic E-state index is 0.173. The summed E-state index contributed by atoms with van der Waals surface area (Å²) in [5, 5.41) is 32.3. The zero-order chi connectivity index (χ0) is 19.4. The van der Waals surface area contributed by atoms with E-state index in [1.54, 1.807) is 20.8 Å². The Bertz CT molecular complexity index is 792. The predicted octanol–water partition coefficient (Wildman–Crippen LogP) is 0.843. The summed E-state index contributed by atoms with van der Waals surface area (Å²) in [6.45, 7) is 5.23. The zero-order valence-corrected chi connectivity index (χ0v) is 14.8. The van der Waals surface area contributed by atoms with Crippen molar-refractivity contribution in [3.63, 3.8) is 0 Å². The van der Waals surface area contributed by atoms with Crippen molar-refractivity contribution in [3.8, 4) is 11.5 Å². The van der Waals surface area contributed by atoms with Gasteiger partial charge in [0.25, 0.3) is 0 Å². The number of amides is 2. The number of likely N-dealkylation sites (tertiary alicyclic amines) is 1. The molecule has 4 N–H and O–H groups in total. The van der Waals surface area contributed by atoms with E-state index in [1.165, 1.54) is 18.2 Å². The van der Waals surface area contributed by atoms with Crippen LogP contribution in [-0.2, 0) is 14.4 Å². The summed E-state index contributed by atoms with van der Waals surface area (Å²) >= 11 is 0. The fourth-order valence-corrected chi connectivity index (χ4v) is 4.31. The number of carbonyl (C=O) groups is 3. The highest BCUT2D eigenvalue weighted by atomic mass is 16.4. The van der Waals surface area contributed by atoms with Gasteiger partial charge in [0.2, 0.25) is 11.8 Å². The number of rotatable bonds is 4. The smallest absolute Gasteiger partial charge is 0.325 e. The van der Waals surface area contributed by atoms with Crippen LogP contribution in [0.3, 0.4) is 0 Å².